The summed E-state index contributed by atoms with van der Waals surface area (Å²) in [6, 6.07) is 8.03. The van der Waals surface area contributed by atoms with Crippen molar-refractivity contribution in [1.82, 2.24) is 9.21 Å². The smallest absolute Gasteiger partial charge is 0.410 e. The molecule has 3 rings (SSSR count). The van der Waals surface area contributed by atoms with E-state index < -0.39 is 43.8 Å². The summed E-state index contributed by atoms with van der Waals surface area (Å²) in [5, 5.41) is 9.34. The average molecular weight is 571 g/mol. The van der Waals surface area contributed by atoms with E-state index in [1.165, 1.54) is 29.2 Å². The highest BCUT2D eigenvalue weighted by Gasteiger charge is 2.43. The lowest BCUT2D eigenvalue weighted by Gasteiger charge is -2.39. The van der Waals surface area contributed by atoms with Crippen molar-refractivity contribution in [3.63, 3.8) is 0 Å². The van der Waals surface area contributed by atoms with Gasteiger partial charge in [-0.2, -0.15) is 12.7 Å². The molecule has 0 aliphatic carbocycles. The number of ether oxygens (including phenoxy) is 2. The summed E-state index contributed by atoms with van der Waals surface area (Å²) >= 11 is 0. The maximum absolute atomic E-state index is 13.5. The first-order valence-corrected chi connectivity index (χ1v) is 14.5. The number of esters is 1. The molecule has 1 amide bonds. The van der Waals surface area contributed by atoms with Crippen LogP contribution in [0.5, 0.6) is 11.5 Å². The Labute approximate surface area is 221 Å². The molecule has 208 valence electrons. The monoisotopic (exact) mass is 570 g/mol. The van der Waals surface area contributed by atoms with E-state index in [0.717, 1.165) is 28.6 Å². The van der Waals surface area contributed by atoms with Crippen molar-refractivity contribution in [3.8, 4) is 11.5 Å². The zero-order valence-corrected chi connectivity index (χ0v) is 23.0. The highest BCUT2D eigenvalue weighted by atomic mass is 32.2. The van der Waals surface area contributed by atoms with Crippen LogP contribution in [-0.4, -0.2) is 81.1 Å². The van der Waals surface area contributed by atoms with Gasteiger partial charge in [-0.15, -0.1) is 0 Å². The second-order valence-corrected chi connectivity index (χ2v) is 12.7. The Morgan fingerprint density at radius 3 is 2.08 bits per heavy atom. The molecular weight excluding hydrogens is 540 g/mol. The summed E-state index contributed by atoms with van der Waals surface area (Å²) in [6.07, 6.45) is -0.680. The summed E-state index contributed by atoms with van der Waals surface area (Å²) < 4.78 is 68.3. The second kappa shape index (κ2) is 11.2. The van der Waals surface area contributed by atoms with Crippen molar-refractivity contribution in [2.45, 2.75) is 49.1 Å². The van der Waals surface area contributed by atoms with E-state index in [2.05, 4.69) is 0 Å². The molecule has 1 aliphatic rings. The topological polar surface area (TPSA) is 157 Å². The number of nitrogens with zero attached hydrogens (tertiary/aromatic N) is 2. The molecule has 1 fully saturated rings. The molecule has 38 heavy (non-hydrogen) atoms. The molecular formula is C24H30N2O10S2. The van der Waals surface area contributed by atoms with E-state index >= 15 is 0 Å². The number of rotatable bonds is 7. The van der Waals surface area contributed by atoms with E-state index in [0.29, 0.717) is 0 Å². The number of amides is 1. The third-order valence-electron chi connectivity index (χ3n) is 5.30. The summed E-state index contributed by atoms with van der Waals surface area (Å²) in [5.74, 6) is -1.08. The van der Waals surface area contributed by atoms with Crippen LogP contribution in [0.3, 0.4) is 0 Å². The molecule has 1 N–H and O–H groups in total. The normalized spacial score (nSPS) is 17.1. The van der Waals surface area contributed by atoms with Gasteiger partial charge in [0, 0.05) is 13.1 Å². The Morgan fingerprint density at radius 1 is 0.947 bits per heavy atom. The number of hydrogen-bond donors (Lipinski definition) is 1. The van der Waals surface area contributed by atoms with Gasteiger partial charge >= 0.3 is 22.2 Å². The molecule has 1 unspecified atom stereocenters. The third kappa shape index (κ3) is 6.94. The Bertz CT molecular complexity index is 1370. The second-order valence-electron chi connectivity index (χ2n) is 9.31. The van der Waals surface area contributed by atoms with Gasteiger partial charge in [-0.1, -0.05) is 0 Å². The summed E-state index contributed by atoms with van der Waals surface area (Å²) in [7, 11) is -8.49. The quantitative estimate of drug-likeness (QED) is 0.387. The first-order chi connectivity index (χ1) is 17.6. The zero-order valence-electron chi connectivity index (χ0n) is 21.4. The van der Waals surface area contributed by atoms with Crippen molar-refractivity contribution >= 4 is 32.2 Å². The molecule has 0 aromatic heterocycles. The molecule has 1 saturated heterocycles. The van der Waals surface area contributed by atoms with Crippen LogP contribution in [0.4, 0.5) is 4.79 Å². The number of phenols is 1. The minimum Gasteiger partial charge on any atom is -0.508 e. The molecule has 12 nitrogen and oxygen atoms in total. The van der Waals surface area contributed by atoms with E-state index in [1.807, 2.05) is 0 Å². The van der Waals surface area contributed by atoms with Gasteiger partial charge in [-0.3, -0.25) is 4.79 Å². The van der Waals surface area contributed by atoms with E-state index in [1.54, 1.807) is 27.7 Å². The highest BCUT2D eigenvalue weighted by molar-refractivity contribution is 7.89. The Balaban J connectivity index is 1.82. The van der Waals surface area contributed by atoms with Crippen LogP contribution in [-0.2, 0) is 34.4 Å². The van der Waals surface area contributed by atoms with E-state index in [-0.39, 0.29) is 47.5 Å². The maximum atomic E-state index is 13.5. The van der Waals surface area contributed by atoms with Crippen LogP contribution in [0, 0.1) is 0 Å². The summed E-state index contributed by atoms with van der Waals surface area (Å²) in [5.41, 5.74) is -0.778. The lowest BCUT2D eigenvalue weighted by molar-refractivity contribution is -0.149. The van der Waals surface area contributed by atoms with Crippen LogP contribution < -0.4 is 4.18 Å². The SMILES string of the molecule is CCOC(=O)C1CN(C(=O)OC(C)(C)C)CCN1S(=O)(=O)c1ccc(OS(=O)(=O)c2ccc(O)cc2)cc1. The molecule has 0 spiro atoms. The van der Waals surface area contributed by atoms with E-state index in [4.69, 9.17) is 13.7 Å². The highest BCUT2D eigenvalue weighted by Crippen LogP contribution is 2.27. The van der Waals surface area contributed by atoms with Crippen molar-refractivity contribution in [3.05, 3.63) is 48.5 Å². The van der Waals surface area contributed by atoms with Crippen LogP contribution >= 0.6 is 0 Å². The minimum atomic E-state index is -4.26. The van der Waals surface area contributed by atoms with Gasteiger partial charge < -0.3 is 23.7 Å². The summed E-state index contributed by atoms with van der Waals surface area (Å²) in [4.78, 5) is 26.1. The fourth-order valence-corrected chi connectivity index (χ4v) is 6.06. The molecule has 2 aromatic carbocycles. The molecule has 0 saturated carbocycles. The molecule has 1 heterocycles. The van der Waals surface area contributed by atoms with Gasteiger partial charge in [0.25, 0.3) is 0 Å². The number of aromatic hydroxyl groups is 1. The lowest BCUT2D eigenvalue weighted by atomic mass is 10.2. The average Bonchev–Trinajstić information content (AvgIpc) is 2.83. The maximum Gasteiger partial charge on any atom is 0.410 e. The zero-order chi connectivity index (χ0) is 28.3. The largest absolute Gasteiger partial charge is 0.508 e. The molecule has 0 radical (unpaired) electrons. The van der Waals surface area contributed by atoms with E-state index in [9.17, 15) is 31.5 Å². The number of phenolic OH excluding ortho intramolecular Hbond substituents is 1. The molecule has 2 aromatic rings. The predicted molar refractivity (Wildman–Crippen MR) is 134 cm³/mol. The predicted octanol–water partition coefficient (Wildman–Crippen LogP) is 2.33. The number of carbonyl (C=O) groups is 2. The van der Waals surface area contributed by atoms with Crippen LogP contribution in [0.2, 0.25) is 0 Å². The van der Waals surface area contributed by atoms with Crippen LogP contribution in [0.25, 0.3) is 0 Å². The standard InChI is InChI=1S/C24H30N2O10S2/c1-5-34-22(28)21-16-25(23(29)35-24(2,3)4)14-15-26(21)37(30,31)19-12-8-18(9-13-19)36-38(32,33)20-10-6-17(27)7-11-20/h6-13,21,27H,5,14-16H2,1-4H3. The summed E-state index contributed by atoms with van der Waals surface area (Å²) in [6.45, 7) is 6.19. The number of piperazine rings is 1. The van der Waals surface area contributed by atoms with Gasteiger partial charge in [0.15, 0.2) is 0 Å². The van der Waals surface area contributed by atoms with Gasteiger partial charge in [-0.05, 0) is 76.2 Å². The van der Waals surface area contributed by atoms with Crippen molar-refractivity contribution in [2.24, 2.45) is 0 Å². The van der Waals surface area contributed by atoms with Gasteiger partial charge in [0.05, 0.1) is 18.0 Å². The molecule has 0 bridgehead atoms. The fraction of sp³-hybridized carbons (Fsp3) is 0.417. The third-order valence-corrected chi connectivity index (χ3v) is 8.49. The van der Waals surface area contributed by atoms with Crippen molar-refractivity contribution < 1.29 is 45.2 Å². The number of hydrogen-bond acceptors (Lipinski definition) is 10. The molecule has 1 aliphatic heterocycles. The fourth-order valence-electron chi connectivity index (χ4n) is 3.57. The molecule has 1 atom stereocenters. The lowest BCUT2D eigenvalue weighted by Crippen LogP contribution is -2.60. The van der Waals surface area contributed by atoms with Gasteiger partial charge in [0.1, 0.15) is 28.0 Å². The Morgan fingerprint density at radius 2 is 1.53 bits per heavy atom. The van der Waals surface area contributed by atoms with Gasteiger partial charge in [0.2, 0.25) is 10.0 Å². The van der Waals surface area contributed by atoms with Crippen LogP contribution in [0.1, 0.15) is 27.7 Å². The van der Waals surface area contributed by atoms with Gasteiger partial charge in [-0.25, -0.2) is 13.2 Å². The Hall–Kier alpha value is -3.36. The number of benzene rings is 2. The first kappa shape index (κ1) is 29.2. The number of sulfonamides is 1. The first-order valence-electron chi connectivity index (χ1n) is 11.6. The Kier molecular flexibility index (Phi) is 8.58. The number of carbonyl (C=O) groups excluding carboxylic acids is 2. The van der Waals surface area contributed by atoms with Crippen molar-refractivity contribution in [1.29, 1.82) is 0 Å². The molecule has 14 heteroatoms. The van der Waals surface area contributed by atoms with Crippen LogP contribution in [0.15, 0.2) is 58.3 Å². The minimum absolute atomic E-state index is 0.0111. The van der Waals surface area contributed by atoms with Crippen molar-refractivity contribution in [2.75, 3.05) is 26.2 Å².